The Morgan fingerprint density at radius 2 is 1.50 bits per heavy atom. The summed E-state index contributed by atoms with van der Waals surface area (Å²) < 4.78 is 22.1. The second-order valence-corrected chi connectivity index (χ2v) is 7.38. The van der Waals surface area contributed by atoms with E-state index in [1.165, 1.54) is 0 Å². The van der Waals surface area contributed by atoms with Crippen LogP contribution in [0.1, 0.15) is 36.8 Å². The van der Waals surface area contributed by atoms with Crippen molar-refractivity contribution in [3.05, 3.63) is 71.8 Å². The Kier molecular flexibility index (Phi) is 4.53. The summed E-state index contributed by atoms with van der Waals surface area (Å²) in [7, 11) is 2.08. The summed E-state index contributed by atoms with van der Waals surface area (Å²) in [4.78, 5) is 15.4. The number of carbonyl (C=O) groups is 1. The van der Waals surface area contributed by atoms with Gasteiger partial charge in [0.25, 0.3) is 5.67 Å². The lowest BCUT2D eigenvalue weighted by Crippen LogP contribution is -2.48. The van der Waals surface area contributed by atoms with E-state index in [9.17, 15) is 4.79 Å². The number of rotatable bonds is 4. The molecule has 2 aromatic carbocycles. The quantitative estimate of drug-likeness (QED) is 0.776. The Balaban J connectivity index is 1.65. The molecule has 2 aromatic rings. The molecule has 0 spiro atoms. The summed E-state index contributed by atoms with van der Waals surface area (Å²) >= 11 is 0. The van der Waals surface area contributed by atoms with Crippen molar-refractivity contribution in [2.24, 2.45) is 0 Å². The molecule has 0 amide bonds. The third-order valence-electron chi connectivity index (χ3n) is 5.99. The third-order valence-corrected chi connectivity index (χ3v) is 5.99. The van der Waals surface area contributed by atoms with Gasteiger partial charge < -0.3 is 4.74 Å². The number of piperidine rings is 1. The second kappa shape index (κ2) is 6.84. The van der Waals surface area contributed by atoms with Gasteiger partial charge in [-0.15, -0.1) is 0 Å². The van der Waals surface area contributed by atoms with Crippen LogP contribution < -0.4 is 0 Å². The van der Waals surface area contributed by atoms with Crippen molar-refractivity contribution in [2.45, 2.75) is 49.5 Å². The highest BCUT2D eigenvalue weighted by atomic mass is 19.1. The molecule has 2 fully saturated rings. The standard InChI is InChI=1S/C22H24FNO2/c1-24-18-12-14-19(24)20(15-13-18)26-21(25)22(23,16-8-4-2-5-9-16)17-10-6-3-7-11-17/h2-11,18-20H,12-15H2,1H3/t18?,19?,20-/m1/s1. The topological polar surface area (TPSA) is 29.5 Å². The molecule has 0 aromatic heterocycles. The number of alkyl halides is 1. The van der Waals surface area contributed by atoms with E-state index in [4.69, 9.17) is 4.74 Å². The van der Waals surface area contributed by atoms with Gasteiger partial charge in [0.1, 0.15) is 6.10 Å². The van der Waals surface area contributed by atoms with Crippen molar-refractivity contribution in [1.29, 1.82) is 0 Å². The second-order valence-electron chi connectivity index (χ2n) is 7.38. The number of halogens is 1. The number of esters is 1. The molecule has 3 atom stereocenters. The summed E-state index contributed by atoms with van der Waals surface area (Å²) in [6.07, 6.45) is 3.71. The largest absolute Gasteiger partial charge is 0.458 e. The summed E-state index contributed by atoms with van der Waals surface area (Å²) in [6.45, 7) is 0. The fraction of sp³-hybridized carbons (Fsp3) is 0.409. The van der Waals surface area contributed by atoms with Crippen LogP contribution in [0.5, 0.6) is 0 Å². The first-order valence-corrected chi connectivity index (χ1v) is 9.33. The molecule has 0 aliphatic carbocycles. The average molecular weight is 353 g/mol. The Labute approximate surface area is 153 Å². The van der Waals surface area contributed by atoms with Crippen LogP contribution in [-0.2, 0) is 15.2 Å². The number of hydrogen-bond donors (Lipinski definition) is 0. The normalized spacial score (nSPS) is 25.8. The van der Waals surface area contributed by atoms with Gasteiger partial charge in [-0.05, 0) is 32.7 Å². The zero-order chi connectivity index (χ0) is 18.1. The Morgan fingerprint density at radius 3 is 2.08 bits per heavy atom. The Hall–Kier alpha value is -2.20. The highest BCUT2D eigenvalue weighted by Crippen LogP contribution is 2.39. The van der Waals surface area contributed by atoms with Gasteiger partial charge in [0.05, 0.1) is 0 Å². The molecule has 136 valence electrons. The SMILES string of the molecule is CN1C2CCC1[C@H](OC(=O)C(F)(c1ccccc1)c1ccccc1)CC2. The number of carbonyl (C=O) groups excluding carboxylic acids is 1. The summed E-state index contributed by atoms with van der Waals surface area (Å²) in [5.41, 5.74) is -1.68. The molecule has 0 radical (unpaired) electrons. The van der Waals surface area contributed by atoms with Crippen molar-refractivity contribution in [3.63, 3.8) is 0 Å². The van der Waals surface area contributed by atoms with E-state index in [1.807, 2.05) is 12.1 Å². The predicted octanol–water partition coefficient (Wildman–Crippen LogP) is 4.07. The first kappa shape index (κ1) is 17.2. The fourth-order valence-corrected chi connectivity index (χ4v) is 4.48. The number of benzene rings is 2. The van der Waals surface area contributed by atoms with E-state index in [1.54, 1.807) is 48.5 Å². The van der Waals surface area contributed by atoms with Crippen molar-refractivity contribution in [3.8, 4) is 0 Å². The van der Waals surface area contributed by atoms with E-state index in [-0.39, 0.29) is 12.1 Å². The van der Waals surface area contributed by atoms with Gasteiger partial charge in [-0.25, -0.2) is 9.18 Å². The molecule has 2 bridgehead atoms. The van der Waals surface area contributed by atoms with Gasteiger partial charge in [0.15, 0.2) is 0 Å². The minimum absolute atomic E-state index is 0.202. The van der Waals surface area contributed by atoms with Crippen LogP contribution in [0.4, 0.5) is 4.39 Å². The van der Waals surface area contributed by atoms with Gasteiger partial charge in [0, 0.05) is 23.2 Å². The monoisotopic (exact) mass is 353 g/mol. The predicted molar refractivity (Wildman–Crippen MR) is 98.5 cm³/mol. The van der Waals surface area contributed by atoms with Crippen LogP contribution in [0.3, 0.4) is 0 Å². The molecule has 2 aliphatic heterocycles. The highest BCUT2D eigenvalue weighted by Gasteiger charge is 2.48. The first-order valence-electron chi connectivity index (χ1n) is 9.33. The molecule has 2 saturated heterocycles. The lowest BCUT2D eigenvalue weighted by atomic mass is 9.88. The molecule has 4 heteroatoms. The van der Waals surface area contributed by atoms with Crippen molar-refractivity contribution >= 4 is 5.97 Å². The van der Waals surface area contributed by atoms with Crippen LogP contribution in [0, 0.1) is 0 Å². The molecular weight excluding hydrogens is 329 g/mol. The molecule has 3 nitrogen and oxygen atoms in total. The van der Waals surface area contributed by atoms with E-state index in [2.05, 4.69) is 11.9 Å². The maximum Gasteiger partial charge on any atom is 0.353 e. The molecule has 26 heavy (non-hydrogen) atoms. The summed E-state index contributed by atoms with van der Waals surface area (Å²) in [5, 5.41) is 0. The minimum atomic E-state index is -2.30. The van der Waals surface area contributed by atoms with E-state index < -0.39 is 11.6 Å². The molecular formula is C22H24FNO2. The summed E-state index contributed by atoms with van der Waals surface area (Å²) in [6, 6.07) is 18.0. The van der Waals surface area contributed by atoms with Gasteiger partial charge >= 0.3 is 5.97 Å². The van der Waals surface area contributed by atoms with E-state index >= 15 is 4.39 Å². The fourth-order valence-electron chi connectivity index (χ4n) is 4.48. The van der Waals surface area contributed by atoms with Crippen LogP contribution >= 0.6 is 0 Å². The Bertz CT molecular complexity index is 725. The van der Waals surface area contributed by atoms with Gasteiger partial charge in [-0.2, -0.15) is 0 Å². The molecule has 0 saturated carbocycles. The number of nitrogens with zero attached hydrogens (tertiary/aromatic N) is 1. The smallest absolute Gasteiger partial charge is 0.353 e. The summed E-state index contributed by atoms with van der Waals surface area (Å²) in [5.74, 6) is -0.807. The zero-order valence-corrected chi connectivity index (χ0v) is 15.0. The van der Waals surface area contributed by atoms with Crippen molar-refractivity contribution in [1.82, 2.24) is 4.90 Å². The van der Waals surface area contributed by atoms with Crippen LogP contribution in [0.15, 0.2) is 60.7 Å². The molecule has 2 heterocycles. The van der Waals surface area contributed by atoms with E-state index in [0.717, 1.165) is 25.7 Å². The molecule has 2 aliphatic rings. The Morgan fingerprint density at radius 1 is 0.962 bits per heavy atom. The molecule has 2 unspecified atom stereocenters. The lowest BCUT2D eigenvalue weighted by Gasteiger charge is -2.38. The van der Waals surface area contributed by atoms with Gasteiger partial charge in [-0.1, -0.05) is 60.7 Å². The minimum Gasteiger partial charge on any atom is -0.458 e. The van der Waals surface area contributed by atoms with E-state index in [0.29, 0.717) is 17.2 Å². The number of fused-ring (bicyclic) bond motifs is 2. The maximum absolute atomic E-state index is 16.3. The highest BCUT2D eigenvalue weighted by molar-refractivity contribution is 5.85. The number of likely N-dealkylation sites (N-methyl/N-ethyl adjacent to an activating group) is 1. The maximum atomic E-state index is 16.3. The van der Waals surface area contributed by atoms with Crippen molar-refractivity contribution < 1.29 is 13.9 Å². The lowest BCUT2D eigenvalue weighted by molar-refractivity contribution is -0.166. The third kappa shape index (κ3) is 2.82. The van der Waals surface area contributed by atoms with Crippen LogP contribution in [0.25, 0.3) is 0 Å². The van der Waals surface area contributed by atoms with Crippen LogP contribution in [0.2, 0.25) is 0 Å². The first-order chi connectivity index (χ1) is 12.6. The molecule has 4 rings (SSSR count). The number of ether oxygens (including phenoxy) is 1. The molecule has 0 N–H and O–H groups in total. The van der Waals surface area contributed by atoms with Crippen LogP contribution in [-0.4, -0.2) is 36.1 Å². The number of hydrogen-bond acceptors (Lipinski definition) is 3. The van der Waals surface area contributed by atoms with Gasteiger partial charge in [-0.3, -0.25) is 4.90 Å². The van der Waals surface area contributed by atoms with Gasteiger partial charge in [0.2, 0.25) is 0 Å². The average Bonchev–Trinajstić information content (AvgIpc) is 2.92. The van der Waals surface area contributed by atoms with Crippen molar-refractivity contribution in [2.75, 3.05) is 7.05 Å². The zero-order valence-electron chi connectivity index (χ0n) is 15.0.